The fraction of sp³-hybridized carbons (Fsp3) is 0.688. The first-order valence-corrected chi connectivity index (χ1v) is 13.7. The molecule has 3 aliphatic heterocycles. The van der Waals surface area contributed by atoms with E-state index in [1.165, 1.54) is 0 Å². The quantitative estimate of drug-likeness (QED) is 0.0520. The van der Waals surface area contributed by atoms with Gasteiger partial charge in [0.05, 0.1) is 19.6 Å². The minimum Gasteiger partial charge on any atom is -0.756 e. The van der Waals surface area contributed by atoms with Crippen molar-refractivity contribution in [3.63, 3.8) is 0 Å². The largest absolute Gasteiger partial charge is 1.00 e. The van der Waals surface area contributed by atoms with Crippen LogP contribution >= 0.6 is 15.6 Å². The number of aliphatic hydroxyl groups excluding tert-OH is 6. The molecule has 1 fully saturated rings. The first kappa shape index (κ1) is 35.1. The summed E-state index contributed by atoms with van der Waals surface area (Å²) in [6.45, 7) is -2.42. The summed E-state index contributed by atoms with van der Waals surface area (Å²) in [4.78, 5) is 51.6. The molecule has 40 heavy (non-hydrogen) atoms. The summed E-state index contributed by atoms with van der Waals surface area (Å²) in [7, 11) is -11.5. The number of guanidine groups is 1. The standard InChI is InChI=1S/C16H25N5O16P2.Na/c17-16-19-13-8(14(29)20-16)18-4-21(13)15-12(28)11(27)7(35-15)3-34-39(33,37-38(30,31)32)36-6(2-23)10(26)9(25)5(24)1-22;/h1,4-12,15,23-28H,2-3H2,(H2,17,20,29)(H2,30,31,32);/q;+1/p-1/t5-,6-,7-,8?,9-,10-,11-,12-,15-,39?;/m1./s1. The monoisotopic (exact) mass is 627 g/mol. The molecule has 21 nitrogen and oxygen atoms in total. The first-order chi connectivity index (χ1) is 18.1. The van der Waals surface area contributed by atoms with Crippen molar-refractivity contribution < 1.29 is 107 Å². The Hall–Kier alpha value is -1.07. The van der Waals surface area contributed by atoms with Gasteiger partial charge < -0.3 is 50.0 Å². The van der Waals surface area contributed by atoms with Crippen molar-refractivity contribution >= 4 is 46.0 Å². The molecule has 9 N–H and O–H groups in total. The number of aldehydes is 1. The number of carbonyl (C=O) groups excluding carboxylic acids is 2. The second-order valence-corrected chi connectivity index (χ2v) is 11.1. The molecule has 3 rings (SSSR count). The summed E-state index contributed by atoms with van der Waals surface area (Å²) in [5.41, 5.74) is 0. The normalized spacial score (nSPS) is 32.0. The molecule has 0 saturated carbocycles. The van der Waals surface area contributed by atoms with Gasteiger partial charge in [0.15, 0.2) is 24.4 Å². The van der Waals surface area contributed by atoms with E-state index in [0.29, 0.717) is 0 Å². The molecule has 1 saturated heterocycles. The number of nitrogens with one attached hydrogen (secondary N) is 2. The summed E-state index contributed by atoms with van der Waals surface area (Å²) in [6, 6.07) is -1.19. The Balaban J connectivity index is 0.00000560. The zero-order valence-electron chi connectivity index (χ0n) is 20.3. The molecule has 24 heteroatoms. The topological polar surface area (TPSA) is 334 Å². The second-order valence-electron chi connectivity index (χ2n) is 8.16. The van der Waals surface area contributed by atoms with E-state index >= 15 is 0 Å². The van der Waals surface area contributed by atoms with E-state index in [2.05, 4.69) is 24.1 Å². The van der Waals surface area contributed by atoms with Gasteiger partial charge in [0.25, 0.3) is 13.7 Å². The van der Waals surface area contributed by atoms with Crippen LogP contribution in [0.5, 0.6) is 0 Å². The maximum Gasteiger partial charge on any atom is 1.00 e. The molecule has 3 unspecified atom stereocenters. The predicted octanol–water partition coefficient (Wildman–Crippen LogP) is -9.13. The van der Waals surface area contributed by atoms with Crippen LogP contribution < -0.4 is 39.8 Å². The third-order valence-electron chi connectivity index (χ3n) is 5.44. The Morgan fingerprint density at radius 1 is 1.25 bits per heavy atom. The number of aliphatic imine (C=N–C) groups is 2. The number of hydrogen-bond acceptors (Lipinski definition) is 18. The fourth-order valence-electron chi connectivity index (χ4n) is 3.57. The Bertz CT molecular complexity index is 1120. The molecule has 0 spiro atoms. The van der Waals surface area contributed by atoms with E-state index < -0.39 is 95.7 Å². The number of phosphoric ester groups is 1. The minimum absolute atomic E-state index is 0. The number of hydrogen-bond donors (Lipinski definition) is 9. The van der Waals surface area contributed by atoms with Gasteiger partial charge in [-0.3, -0.25) is 39.0 Å². The Morgan fingerprint density at radius 2 is 1.90 bits per heavy atom. The number of ether oxygens (including phenoxy) is 1. The summed E-state index contributed by atoms with van der Waals surface area (Å²) in [6.07, 6.45) is -15.1. The van der Waals surface area contributed by atoms with E-state index in [1.807, 2.05) is 0 Å². The summed E-state index contributed by atoms with van der Waals surface area (Å²) < 4.78 is 43.0. The molecule has 0 aromatic heterocycles. The van der Waals surface area contributed by atoms with Gasteiger partial charge in [-0.15, -0.1) is 0 Å². The molecule has 1 amide bonds. The molecule has 0 aliphatic carbocycles. The third-order valence-corrected chi connectivity index (χ3v) is 8.06. The van der Waals surface area contributed by atoms with Crippen molar-refractivity contribution in [2.24, 2.45) is 9.98 Å². The van der Waals surface area contributed by atoms with Gasteiger partial charge in [0.1, 0.15) is 42.7 Å². The average Bonchev–Trinajstić information content (AvgIpc) is 3.39. The van der Waals surface area contributed by atoms with E-state index in [-0.39, 0.29) is 41.7 Å². The van der Waals surface area contributed by atoms with Gasteiger partial charge in [-0.05, 0) is 0 Å². The van der Waals surface area contributed by atoms with Gasteiger partial charge in [-0.2, -0.15) is 4.99 Å². The molecule has 3 heterocycles. The van der Waals surface area contributed by atoms with Crippen LogP contribution in [0.3, 0.4) is 0 Å². The van der Waals surface area contributed by atoms with Gasteiger partial charge in [0, 0.05) is 0 Å². The average molecular weight is 627 g/mol. The molecule has 0 aromatic rings. The van der Waals surface area contributed by atoms with Crippen molar-refractivity contribution in [1.29, 1.82) is 5.41 Å². The molecule has 0 radical (unpaired) electrons. The number of amidine groups is 1. The van der Waals surface area contributed by atoms with Crippen LogP contribution in [-0.2, 0) is 36.8 Å². The smallest absolute Gasteiger partial charge is 0.756 e. The van der Waals surface area contributed by atoms with E-state index in [9.17, 15) is 54.3 Å². The van der Waals surface area contributed by atoms with Crippen molar-refractivity contribution in [3.8, 4) is 0 Å². The molecule has 0 aromatic carbocycles. The molecule has 220 valence electrons. The number of aliphatic hydroxyl groups is 6. The van der Waals surface area contributed by atoms with Crippen molar-refractivity contribution in [3.05, 3.63) is 0 Å². The summed E-state index contributed by atoms with van der Waals surface area (Å²) in [5, 5.41) is 69.0. The van der Waals surface area contributed by atoms with E-state index in [1.54, 1.807) is 0 Å². The SMILES string of the molecule is N=C1N=C2C(N=CN2[C@@H]2O[C@H](COP(=O)(O[C@H](CO)[C@@H](O)[C@H](O)[C@H](O)C=O)OP(=O)([O-])O)[C@@H](O)[C@H]2O)C(=O)N1.[Na+]. The fourth-order valence-corrected chi connectivity index (χ4v) is 5.83. The molecular formula is C16H24N5NaO16P2. The first-order valence-electron chi connectivity index (χ1n) is 10.7. The maximum absolute atomic E-state index is 13.0. The minimum atomic E-state index is -5.93. The van der Waals surface area contributed by atoms with E-state index in [4.69, 9.17) is 19.6 Å². The molecular weight excluding hydrogens is 603 g/mol. The third kappa shape index (κ3) is 8.06. The van der Waals surface area contributed by atoms with Crippen LogP contribution in [0.1, 0.15) is 0 Å². The van der Waals surface area contributed by atoms with Gasteiger partial charge in [0.2, 0.25) is 5.96 Å². The van der Waals surface area contributed by atoms with Crippen LogP contribution in [0.4, 0.5) is 0 Å². The number of amides is 1. The van der Waals surface area contributed by atoms with Crippen LogP contribution in [0, 0.1) is 5.41 Å². The predicted molar refractivity (Wildman–Crippen MR) is 119 cm³/mol. The van der Waals surface area contributed by atoms with E-state index in [0.717, 1.165) is 11.2 Å². The number of nitrogens with zero attached hydrogens (tertiary/aromatic N) is 3. The van der Waals surface area contributed by atoms with Crippen molar-refractivity contribution in [1.82, 2.24) is 10.2 Å². The zero-order chi connectivity index (χ0) is 29.3. The van der Waals surface area contributed by atoms with Crippen molar-refractivity contribution in [2.75, 3.05) is 13.2 Å². The Labute approximate surface area is 246 Å². The Morgan fingerprint density at radius 3 is 2.48 bits per heavy atom. The number of carbonyl (C=O) groups is 2. The molecule has 3 aliphatic rings. The number of phosphoric acid groups is 2. The number of rotatable bonds is 13. The zero-order valence-corrected chi connectivity index (χ0v) is 24.1. The molecule has 0 bridgehead atoms. The van der Waals surface area contributed by atoms with Crippen LogP contribution in [0.15, 0.2) is 9.98 Å². The van der Waals surface area contributed by atoms with Gasteiger partial charge in [-0.25, -0.2) is 8.88 Å². The maximum atomic E-state index is 13.0. The van der Waals surface area contributed by atoms with Crippen molar-refractivity contribution in [2.45, 2.75) is 55.0 Å². The molecule has 11 atom stereocenters. The summed E-state index contributed by atoms with van der Waals surface area (Å²) >= 11 is 0. The van der Waals surface area contributed by atoms with Crippen LogP contribution in [0.25, 0.3) is 0 Å². The Kier molecular flexibility index (Phi) is 12.2. The van der Waals surface area contributed by atoms with Gasteiger partial charge in [-0.1, -0.05) is 0 Å². The second kappa shape index (κ2) is 13.9. The van der Waals surface area contributed by atoms with Crippen LogP contribution in [0.2, 0.25) is 0 Å². The summed E-state index contributed by atoms with van der Waals surface area (Å²) in [5.74, 6) is -1.38. The number of fused-ring (bicyclic) bond motifs is 1. The van der Waals surface area contributed by atoms with Gasteiger partial charge >= 0.3 is 37.4 Å². The van der Waals surface area contributed by atoms with Crippen LogP contribution in [-0.4, -0.2) is 139 Å².